The van der Waals surface area contributed by atoms with E-state index >= 15 is 0 Å². The van der Waals surface area contributed by atoms with E-state index in [1.807, 2.05) is 51.2 Å². The van der Waals surface area contributed by atoms with Gasteiger partial charge in [0, 0.05) is 28.0 Å². The summed E-state index contributed by atoms with van der Waals surface area (Å²) >= 11 is 6.00. The molecule has 126 valence electrons. The average molecular weight is 352 g/mol. The van der Waals surface area contributed by atoms with Crippen LogP contribution in [-0.2, 0) is 0 Å². The second kappa shape index (κ2) is 5.74. The van der Waals surface area contributed by atoms with Crippen molar-refractivity contribution in [2.45, 2.75) is 26.7 Å². The van der Waals surface area contributed by atoms with Crippen molar-refractivity contribution in [2.75, 3.05) is 0 Å². The van der Waals surface area contributed by atoms with E-state index in [-0.39, 0.29) is 11.5 Å². The van der Waals surface area contributed by atoms with E-state index in [0.29, 0.717) is 10.4 Å². The second-order valence-electron chi connectivity index (χ2n) is 6.60. The summed E-state index contributed by atoms with van der Waals surface area (Å²) in [4.78, 5) is 21.4. The zero-order chi connectivity index (χ0) is 17.7. The summed E-state index contributed by atoms with van der Waals surface area (Å²) < 4.78 is 1.69. The minimum atomic E-state index is -0.0569. The number of aromatic amines is 1. The van der Waals surface area contributed by atoms with Crippen molar-refractivity contribution in [3.63, 3.8) is 0 Å². The van der Waals surface area contributed by atoms with Crippen LogP contribution in [0.4, 0.5) is 0 Å². The highest BCUT2D eigenvalue weighted by atomic mass is 35.5. The number of halogens is 1. The van der Waals surface area contributed by atoms with Crippen LogP contribution in [0.25, 0.3) is 27.5 Å². The maximum atomic E-state index is 13.3. The molecule has 0 spiro atoms. The minimum Gasteiger partial charge on any atom is -0.361 e. The van der Waals surface area contributed by atoms with E-state index < -0.39 is 0 Å². The largest absolute Gasteiger partial charge is 0.361 e. The quantitative estimate of drug-likeness (QED) is 0.555. The van der Waals surface area contributed by atoms with Crippen LogP contribution in [0.2, 0.25) is 5.02 Å². The Morgan fingerprint density at radius 3 is 2.52 bits per heavy atom. The third-order valence-electron chi connectivity index (χ3n) is 4.51. The molecule has 25 heavy (non-hydrogen) atoms. The predicted octanol–water partition coefficient (Wildman–Crippen LogP) is 4.95. The first-order chi connectivity index (χ1) is 12.0. The molecule has 4 nitrogen and oxygen atoms in total. The van der Waals surface area contributed by atoms with Crippen molar-refractivity contribution < 1.29 is 0 Å². The van der Waals surface area contributed by atoms with E-state index in [0.717, 1.165) is 33.5 Å². The van der Waals surface area contributed by atoms with Gasteiger partial charge in [-0.05, 0) is 48.9 Å². The summed E-state index contributed by atoms with van der Waals surface area (Å²) in [7, 11) is 0. The van der Waals surface area contributed by atoms with Gasteiger partial charge in [0.1, 0.15) is 5.82 Å². The van der Waals surface area contributed by atoms with Crippen molar-refractivity contribution in [1.82, 2.24) is 14.5 Å². The predicted molar refractivity (Wildman–Crippen MR) is 103 cm³/mol. The van der Waals surface area contributed by atoms with Crippen LogP contribution in [0.5, 0.6) is 0 Å². The zero-order valence-electron chi connectivity index (χ0n) is 14.3. The standard InChI is InChI=1S/C20H18ClN3O/c1-11(2)19-23-18-15(8-9-16-17(18)12(3)10-22-16)20(25)24(19)14-6-4-13(21)5-7-14/h4-11,22H,1-3H3. The molecule has 1 N–H and O–H groups in total. The summed E-state index contributed by atoms with van der Waals surface area (Å²) in [6.45, 7) is 6.12. The van der Waals surface area contributed by atoms with Crippen molar-refractivity contribution in [2.24, 2.45) is 0 Å². The van der Waals surface area contributed by atoms with Crippen LogP contribution >= 0.6 is 11.6 Å². The fraction of sp³-hybridized carbons (Fsp3) is 0.200. The molecular formula is C20H18ClN3O. The fourth-order valence-electron chi connectivity index (χ4n) is 3.27. The molecule has 2 heterocycles. The normalized spacial score (nSPS) is 11.7. The van der Waals surface area contributed by atoms with Crippen LogP contribution in [0, 0.1) is 6.92 Å². The molecule has 0 aliphatic heterocycles. The summed E-state index contributed by atoms with van der Waals surface area (Å²) in [5.74, 6) is 0.843. The van der Waals surface area contributed by atoms with Gasteiger partial charge in [-0.25, -0.2) is 4.98 Å². The number of aryl methyl sites for hydroxylation is 1. The Bertz CT molecular complexity index is 1150. The average Bonchev–Trinajstić information content (AvgIpc) is 2.97. The van der Waals surface area contributed by atoms with Crippen molar-refractivity contribution in [3.8, 4) is 5.69 Å². The van der Waals surface area contributed by atoms with Gasteiger partial charge >= 0.3 is 0 Å². The smallest absolute Gasteiger partial charge is 0.266 e. The van der Waals surface area contributed by atoms with E-state index in [1.54, 1.807) is 16.7 Å². The molecule has 0 unspecified atom stereocenters. The maximum Gasteiger partial charge on any atom is 0.266 e. The lowest BCUT2D eigenvalue weighted by Gasteiger charge is -2.16. The second-order valence-corrected chi connectivity index (χ2v) is 7.03. The number of rotatable bonds is 2. The number of hydrogen-bond donors (Lipinski definition) is 1. The Morgan fingerprint density at radius 1 is 1.12 bits per heavy atom. The molecule has 0 bridgehead atoms. The van der Waals surface area contributed by atoms with Gasteiger partial charge < -0.3 is 4.98 Å². The number of benzene rings is 2. The number of nitrogens with one attached hydrogen (secondary N) is 1. The highest BCUT2D eigenvalue weighted by molar-refractivity contribution is 6.30. The topological polar surface area (TPSA) is 50.7 Å². The SMILES string of the molecule is Cc1c[nH]c2ccc3c(=O)n(-c4ccc(Cl)cc4)c(C(C)C)nc3c12. The molecule has 0 aliphatic carbocycles. The zero-order valence-corrected chi connectivity index (χ0v) is 15.1. The summed E-state index contributed by atoms with van der Waals surface area (Å²) in [5.41, 5.74) is 3.56. The summed E-state index contributed by atoms with van der Waals surface area (Å²) in [6, 6.07) is 11.1. The molecule has 5 heteroatoms. The third kappa shape index (κ3) is 2.45. The van der Waals surface area contributed by atoms with Crippen LogP contribution in [-0.4, -0.2) is 14.5 Å². The van der Waals surface area contributed by atoms with Crippen molar-refractivity contribution >= 4 is 33.4 Å². The van der Waals surface area contributed by atoms with Crippen molar-refractivity contribution in [3.05, 3.63) is 69.4 Å². The van der Waals surface area contributed by atoms with E-state index in [1.165, 1.54) is 0 Å². The Kier molecular flexibility index (Phi) is 3.65. The molecule has 2 aromatic carbocycles. The Morgan fingerprint density at radius 2 is 1.84 bits per heavy atom. The molecule has 2 aromatic heterocycles. The first-order valence-corrected chi connectivity index (χ1v) is 8.64. The first kappa shape index (κ1) is 15.9. The number of fused-ring (bicyclic) bond motifs is 3. The Balaban J connectivity index is 2.16. The highest BCUT2D eigenvalue weighted by Crippen LogP contribution is 2.27. The van der Waals surface area contributed by atoms with Crippen LogP contribution in [0.1, 0.15) is 31.2 Å². The summed E-state index contributed by atoms with van der Waals surface area (Å²) in [5, 5.41) is 2.27. The molecular weight excluding hydrogens is 334 g/mol. The number of aromatic nitrogens is 3. The maximum absolute atomic E-state index is 13.3. The molecule has 0 amide bonds. The van der Waals surface area contributed by atoms with Crippen LogP contribution in [0.3, 0.4) is 0 Å². The van der Waals surface area contributed by atoms with Gasteiger partial charge in [0.2, 0.25) is 0 Å². The highest BCUT2D eigenvalue weighted by Gasteiger charge is 2.17. The molecule has 0 atom stereocenters. The van der Waals surface area contributed by atoms with Gasteiger partial charge in [-0.3, -0.25) is 9.36 Å². The van der Waals surface area contributed by atoms with Crippen molar-refractivity contribution in [1.29, 1.82) is 0 Å². The van der Waals surface area contributed by atoms with Crippen LogP contribution < -0.4 is 5.56 Å². The van der Waals surface area contributed by atoms with E-state index in [9.17, 15) is 4.79 Å². The molecule has 4 aromatic rings. The fourth-order valence-corrected chi connectivity index (χ4v) is 3.40. The van der Waals surface area contributed by atoms with Gasteiger partial charge in [0.15, 0.2) is 0 Å². The molecule has 0 saturated heterocycles. The molecule has 0 aliphatic rings. The lowest BCUT2D eigenvalue weighted by molar-refractivity contribution is 0.723. The third-order valence-corrected chi connectivity index (χ3v) is 4.76. The number of H-pyrrole nitrogens is 1. The van der Waals surface area contributed by atoms with Gasteiger partial charge in [-0.1, -0.05) is 25.4 Å². The number of hydrogen-bond acceptors (Lipinski definition) is 2. The Hall–Kier alpha value is -2.59. The van der Waals surface area contributed by atoms with Crippen LogP contribution in [0.15, 0.2) is 47.4 Å². The monoisotopic (exact) mass is 351 g/mol. The lowest BCUT2D eigenvalue weighted by atomic mass is 10.1. The first-order valence-electron chi connectivity index (χ1n) is 8.26. The lowest BCUT2D eigenvalue weighted by Crippen LogP contribution is -2.24. The van der Waals surface area contributed by atoms with E-state index in [4.69, 9.17) is 16.6 Å². The van der Waals surface area contributed by atoms with Gasteiger partial charge in [-0.15, -0.1) is 0 Å². The van der Waals surface area contributed by atoms with Gasteiger partial charge in [0.25, 0.3) is 5.56 Å². The molecule has 4 rings (SSSR count). The number of nitrogens with zero attached hydrogens (tertiary/aromatic N) is 2. The minimum absolute atomic E-state index is 0.0569. The Labute approximate surface area is 150 Å². The van der Waals surface area contributed by atoms with Gasteiger partial charge in [-0.2, -0.15) is 0 Å². The van der Waals surface area contributed by atoms with Gasteiger partial charge in [0.05, 0.1) is 16.6 Å². The molecule has 0 fully saturated rings. The molecule has 0 radical (unpaired) electrons. The van der Waals surface area contributed by atoms with E-state index in [2.05, 4.69) is 4.98 Å². The molecule has 0 saturated carbocycles. The summed E-state index contributed by atoms with van der Waals surface area (Å²) in [6.07, 6.45) is 1.95.